The average molecular weight is 399 g/mol. The van der Waals surface area contributed by atoms with Crippen LogP contribution in [0.3, 0.4) is 0 Å². The molecule has 0 aromatic carbocycles. The molecule has 1 saturated carbocycles. The molecule has 1 aliphatic heterocycles. The van der Waals surface area contributed by atoms with Crippen LogP contribution in [0.5, 0.6) is 0 Å². The lowest BCUT2D eigenvalue weighted by Crippen LogP contribution is -2.49. The van der Waals surface area contributed by atoms with E-state index >= 15 is 0 Å². The van der Waals surface area contributed by atoms with Crippen molar-refractivity contribution in [2.24, 2.45) is 0 Å². The first-order valence-electron chi connectivity index (χ1n) is 10.3. The summed E-state index contributed by atoms with van der Waals surface area (Å²) in [6.07, 6.45) is 6.48. The van der Waals surface area contributed by atoms with Gasteiger partial charge < -0.3 is 25.4 Å². The molecule has 1 unspecified atom stereocenters. The van der Waals surface area contributed by atoms with Gasteiger partial charge in [-0.25, -0.2) is 4.79 Å². The van der Waals surface area contributed by atoms with E-state index in [0.717, 1.165) is 12.8 Å². The van der Waals surface area contributed by atoms with Gasteiger partial charge in [-0.1, -0.05) is 19.3 Å². The topological polar surface area (TPSA) is 111 Å². The summed E-state index contributed by atoms with van der Waals surface area (Å²) in [6.45, 7) is 2.37. The minimum atomic E-state index is -0.883. The van der Waals surface area contributed by atoms with E-state index in [1.165, 1.54) is 19.3 Å². The Hall–Kier alpha value is -1.87. The van der Waals surface area contributed by atoms with E-state index < -0.39 is 5.97 Å². The number of urea groups is 1. The van der Waals surface area contributed by atoms with Crippen LogP contribution in [0.4, 0.5) is 4.79 Å². The number of carbonyl (C=O) groups is 3. The Kier molecular flexibility index (Phi) is 9.49. The van der Waals surface area contributed by atoms with Crippen LogP contribution < -0.4 is 10.6 Å². The fourth-order valence-corrected chi connectivity index (χ4v) is 3.78. The Morgan fingerprint density at radius 2 is 1.96 bits per heavy atom. The van der Waals surface area contributed by atoms with Crippen LogP contribution >= 0.6 is 0 Å². The molecule has 2 rings (SSSR count). The maximum Gasteiger partial charge on any atom is 0.317 e. The van der Waals surface area contributed by atoms with Crippen molar-refractivity contribution in [3.63, 3.8) is 0 Å². The van der Waals surface area contributed by atoms with Crippen molar-refractivity contribution in [3.05, 3.63) is 0 Å². The summed E-state index contributed by atoms with van der Waals surface area (Å²) in [7, 11) is 1.72. The highest BCUT2D eigenvalue weighted by Gasteiger charge is 2.25. The second-order valence-electron chi connectivity index (χ2n) is 7.76. The Morgan fingerprint density at radius 3 is 2.68 bits per heavy atom. The van der Waals surface area contributed by atoms with Gasteiger partial charge in [0, 0.05) is 38.6 Å². The van der Waals surface area contributed by atoms with E-state index in [-0.39, 0.29) is 30.6 Å². The zero-order valence-electron chi connectivity index (χ0n) is 16.8. The van der Waals surface area contributed by atoms with Gasteiger partial charge in [0.1, 0.15) is 0 Å². The zero-order chi connectivity index (χ0) is 20.4. The smallest absolute Gasteiger partial charge is 0.317 e. The molecule has 9 heteroatoms. The van der Waals surface area contributed by atoms with Crippen molar-refractivity contribution in [1.82, 2.24) is 20.4 Å². The molecule has 1 saturated heterocycles. The molecule has 0 radical (unpaired) electrons. The molecule has 1 heterocycles. The largest absolute Gasteiger partial charge is 0.480 e. The normalized spacial score (nSPS) is 20.8. The average Bonchev–Trinajstić information content (AvgIpc) is 2.65. The Balaban J connectivity index is 1.60. The number of hydrogen-bond donors (Lipinski definition) is 3. The standard InChI is InChI=1S/C19H34N4O5/c1-22(14-18(25)26)12-16-13-23(10-11-28-16)17(24)8-5-9-20-19(27)21-15-6-3-2-4-7-15/h15-16H,2-14H2,1H3,(H,25,26)(H2,20,21,27). The monoisotopic (exact) mass is 398 g/mol. The predicted molar refractivity (Wildman–Crippen MR) is 104 cm³/mol. The zero-order valence-corrected chi connectivity index (χ0v) is 16.8. The summed E-state index contributed by atoms with van der Waals surface area (Å²) in [5.74, 6) is -0.838. The van der Waals surface area contributed by atoms with Crippen molar-refractivity contribution in [1.29, 1.82) is 0 Å². The molecule has 0 aromatic heterocycles. The number of ether oxygens (including phenoxy) is 1. The van der Waals surface area contributed by atoms with Crippen LogP contribution in [0.15, 0.2) is 0 Å². The first kappa shape index (κ1) is 22.4. The van der Waals surface area contributed by atoms with Crippen molar-refractivity contribution < 1.29 is 24.2 Å². The maximum atomic E-state index is 12.4. The molecule has 2 aliphatic rings. The number of amides is 3. The number of morpholine rings is 1. The summed E-state index contributed by atoms with van der Waals surface area (Å²) >= 11 is 0. The summed E-state index contributed by atoms with van der Waals surface area (Å²) in [5, 5.41) is 14.7. The lowest BCUT2D eigenvalue weighted by atomic mass is 9.96. The van der Waals surface area contributed by atoms with Crippen molar-refractivity contribution in [3.8, 4) is 0 Å². The number of likely N-dealkylation sites (N-methyl/N-ethyl adjacent to an activating group) is 1. The number of carbonyl (C=O) groups excluding carboxylic acids is 2. The Bertz CT molecular complexity index is 524. The third-order valence-corrected chi connectivity index (χ3v) is 5.21. The predicted octanol–water partition coefficient (Wildman–Crippen LogP) is 0.642. The molecule has 3 N–H and O–H groups in total. The van der Waals surface area contributed by atoms with Crippen LogP contribution in [-0.2, 0) is 14.3 Å². The van der Waals surface area contributed by atoms with Gasteiger partial charge in [0.15, 0.2) is 0 Å². The van der Waals surface area contributed by atoms with Crippen molar-refractivity contribution in [2.45, 2.75) is 57.1 Å². The highest BCUT2D eigenvalue weighted by molar-refractivity contribution is 5.76. The summed E-state index contributed by atoms with van der Waals surface area (Å²) in [6, 6.07) is 0.132. The maximum absolute atomic E-state index is 12.4. The van der Waals surface area contributed by atoms with Gasteiger partial charge in [-0.3, -0.25) is 14.5 Å². The van der Waals surface area contributed by atoms with Crippen molar-refractivity contribution in [2.75, 3.05) is 46.4 Å². The van der Waals surface area contributed by atoms with Gasteiger partial charge in [0.25, 0.3) is 0 Å². The molecule has 3 amide bonds. The van der Waals surface area contributed by atoms with E-state index in [1.807, 2.05) is 0 Å². The Labute approximate surface area is 166 Å². The van der Waals surface area contributed by atoms with E-state index in [1.54, 1.807) is 16.8 Å². The summed E-state index contributed by atoms with van der Waals surface area (Å²) in [5.41, 5.74) is 0. The molecule has 2 fully saturated rings. The van der Waals surface area contributed by atoms with Gasteiger partial charge in [0.2, 0.25) is 5.91 Å². The van der Waals surface area contributed by atoms with Gasteiger partial charge in [0.05, 0.1) is 19.3 Å². The number of carboxylic acids is 1. The third-order valence-electron chi connectivity index (χ3n) is 5.21. The van der Waals surface area contributed by atoms with Crippen LogP contribution in [0.2, 0.25) is 0 Å². The molecule has 1 atom stereocenters. The van der Waals surface area contributed by atoms with Gasteiger partial charge in [-0.15, -0.1) is 0 Å². The summed E-state index contributed by atoms with van der Waals surface area (Å²) in [4.78, 5) is 38.5. The number of nitrogens with zero attached hydrogens (tertiary/aromatic N) is 2. The fourth-order valence-electron chi connectivity index (χ4n) is 3.78. The second kappa shape index (κ2) is 11.9. The number of hydrogen-bond acceptors (Lipinski definition) is 5. The lowest BCUT2D eigenvalue weighted by molar-refractivity contribution is -0.142. The highest BCUT2D eigenvalue weighted by atomic mass is 16.5. The first-order chi connectivity index (χ1) is 13.4. The third kappa shape index (κ3) is 8.43. The molecule has 0 aromatic rings. The van der Waals surface area contributed by atoms with Gasteiger partial charge in [-0.2, -0.15) is 0 Å². The molecule has 9 nitrogen and oxygen atoms in total. The Morgan fingerprint density at radius 1 is 1.21 bits per heavy atom. The summed E-state index contributed by atoms with van der Waals surface area (Å²) < 4.78 is 5.65. The van der Waals surface area contributed by atoms with Crippen LogP contribution in [0, 0.1) is 0 Å². The van der Waals surface area contributed by atoms with E-state index in [0.29, 0.717) is 45.6 Å². The van der Waals surface area contributed by atoms with E-state index in [2.05, 4.69) is 10.6 Å². The van der Waals surface area contributed by atoms with E-state index in [4.69, 9.17) is 9.84 Å². The van der Waals surface area contributed by atoms with Crippen molar-refractivity contribution >= 4 is 17.9 Å². The minimum absolute atomic E-state index is 0.0451. The molecular weight excluding hydrogens is 364 g/mol. The molecule has 0 bridgehead atoms. The molecular formula is C19H34N4O5. The SMILES string of the molecule is CN(CC(=O)O)CC1CN(C(=O)CCCNC(=O)NC2CCCCC2)CCO1. The highest BCUT2D eigenvalue weighted by Crippen LogP contribution is 2.17. The van der Waals surface area contributed by atoms with Gasteiger partial charge in [-0.05, 0) is 26.3 Å². The number of rotatable bonds is 9. The first-order valence-corrected chi connectivity index (χ1v) is 10.3. The molecule has 1 aliphatic carbocycles. The lowest BCUT2D eigenvalue weighted by Gasteiger charge is -2.34. The molecule has 0 spiro atoms. The molecule has 28 heavy (non-hydrogen) atoms. The van der Waals surface area contributed by atoms with Gasteiger partial charge >= 0.3 is 12.0 Å². The van der Waals surface area contributed by atoms with Crippen LogP contribution in [0.1, 0.15) is 44.9 Å². The number of aliphatic carboxylic acids is 1. The number of carboxylic acid groups (broad SMARTS) is 1. The second-order valence-corrected chi connectivity index (χ2v) is 7.76. The quantitative estimate of drug-likeness (QED) is 0.492. The van der Waals surface area contributed by atoms with E-state index in [9.17, 15) is 14.4 Å². The molecule has 160 valence electrons. The minimum Gasteiger partial charge on any atom is -0.480 e. The fraction of sp³-hybridized carbons (Fsp3) is 0.842. The number of nitrogens with one attached hydrogen (secondary N) is 2. The van der Waals surface area contributed by atoms with Crippen LogP contribution in [-0.4, -0.2) is 91.3 Å². The van der Waals surface area contributed by atoms with Crippen LogP contribution in [0.25, 0.3) is 0 Å².